The molecule has 1 saturated heterocycles. The average Bonchev–Trinajstić information content (AvgIpc) is 3.00. The standard InChI is InChI=1S/C22H24FN3O2/c1-14(11-15-7-9-16(23)10-8-15)26-12-18-21(28)24-19-6-4-3-5-17(19)20(27)25-22(18,2)13-26/h3-10,14,18H,11-13H2,1-2H3,(H,24,28)(H,25,27)/t14?,18-,22-/m0/s1. The van der Waals surface area contributed by atoms with Gasteiger partial charge in [0.1, 0.15) is 5.82 Å². The van der Waals surface area contributed by atoms with Gasteiger partial charge in [0.15, 0.2) is 0 Å². The van der Waals surface area contributed by atoms with Gasteiger partial charge in [-0.25, -0.2) is 4.39 Å². The Kier molecular flexibility index (Phi) is 4.67. The molecule has 2 heterocycles. The number of nitrogens with zero attached hydrogens (tertiary/aromatic N) is 1. The molecule has 6 heteroatoms. The highest BCUT2D eigenvalue weighted by atomic mass is 19.1. The van der Waals surface area contributed by atoms with Crippen LogP contribution in [0.3, 0.4) is 0 Å². The van der Waals surface area contributed by atoms with Gasteiger partial charge in [0.2, 0.25) is 5.91 Å². The van der Waals surface area contributed by atoms with Gasteiger partial charge in [-0.05, 0) is 50.1 Å². The number of halogens is 1. The van der Waals surface area contributed by atoms with Crippen LogP contribution >= 0.6 is 0 Å². The number of benzene rings is 2. The summed E-state index contributed by atoms with van der Waals surface area (Å²) in [6, 6.07) is 13.7. The molecule has 1 unspecified atom stereocenters. The number of rotatable bonds is 3. The van der Waals surface area contributed by atoms with E-state index in [1.165, 1.54) is 12.1 Å². The number of carbonyl (C=O) groups is 2. The van der Waals surface area contributed by atoms with Crippen LogP contribution in [-0.2, 0) is 11.2 Å². The zero-order valence-electron chi connectivity index (χ0n) is 16.0. The molecule has 5 nitrogen and oxygen atoms in total. The highest BCUT2D eigenvalue weighted by Crippen LogP contribution is 2.33. The molecule has 2 aliphatic heterocycles. The molecule has 0 saturated carbocycles. The van der Waals surface area contributed by atoms with E-state index in [1.807, 2.05) is 6.92 Å². The van der Waals surface area contributed by atoms with Crippen LogP contribution in [0.15, 0.2) is 48.5 Å². The quantitative estimate of drug-likeness (QED) is 0.860. The number of hydrogen-bond acceptors (Lipinski definition) is 3. The van der Waals surface area contributed by atoms with Gasteiger partial charge in [0.25, 0.3) is 5.91 Å². The van der Waals surface area contributed by atoms with Crippen LogP contribution in [-0.4, -0.2) is 41.4 Å². The fourth-order valence-electron chi connectivity index (χ4n) is 4.29. The topological polar surface area (TPSA) is 61.4 Å². The van der Waals surface area contributed by atoms with Crippen molar-refractivity contribution in [3.8, 4) is 0 Å². The minimum absolute atomic E-state index is 0.0774. The van der Waals surface area contributed by atoms with Crippen molar-refractivity contribution in [3.05, 3.63) is 65.5 Å². The summed E-state index contributed by atoms with van der Waals surface area (Å²) in [7, 11) is 0. The van der Waals surface area contributed by atoms with E-state index in [2.05, 4.69) is 22.5 Å². The molecule has 1 fully saturated rings. The van der Waals surface area contributed by atoms with E-state index in [9.17, 15) is 14.0 Å². The summed E-state index contributed by atoms with van der Waals surface area (Å²) in [4.78, 5) is 28.0. The van der Waals surface area contributed by atoms with Gasteiger partial charge in [-0.1, -0.05) is 24.3 Å². The number of amides is 2. The van der Waals surface area contributed by atoms with Gasteiger partial charge < -0.3 is 10.6 Å². The fourth-order valence-corrected chi connectivity index (χ4v) is 4.29. The molecule has 146 valence electrons. The minimum Gasteiger partial charge on any atom is -0.345 e. The number of likely N-dealkylation sites (tertiary alicyclic amines) is 1. The fraction of sp³-hybridized carbons (Fsp3) is 0.364. The lowest BCUT2D eigenvalue weighted by molar-refractivity contribution is -0.121. The van der Waals surface area contributed by atoms with E-state index in [0.717, 1.165) is 12.0 Å². The third-order valence-corrected chi connectivity index (χ3v) is 5.93. The van der Waals surface area contributed by atoms with Crippen molar-refractivity contribution >= 4 is 17.5 Å². The zero-order chi connectivity index (χ0) is 19.9. The number of para-hydroxylation sites is 1. The Labute approximate surface area is 163 Å². The van der Waals surface area contributed by atoms with Crippen LogP contribution in [0.4, 0.5) is 10.1 Å². The first-order valence-corrected chi connectivity index (χ1v) is 9.56. The third-order valence-electron chi connectivity index (χ3n) is 5.93. The summed E-state index contributed by atoms with van der Waals surface area (Å²) in [6.45, 7) is 5.18. The van der Waals surface area contributed by atoms with Crippen LogP contribution < -0.4 is 10.6 Å². The van der Waals surface area contributed by atoms with Crippen molar-refractivity contribution in [2.75, 3.05) is 18.4 Å². The van der Waals surface area contributed by atoms with Crippen molar-refractivity contribution in [1.82, 2.24) is 10.2 Å². The van der Waals surface area contributed by atoms with Crippen LogP contribution in [0.25, 0.3) is 0 Å². The zero-order valence-corrected chi connectivity index (χ0v) is 16.0. The van der Waals surface area contributed by atoms with Gasteiger partial charge in [0, 0.05) is 19.1 Å². The van der Waals surface area contributed by atoms with Crippen molar-refractivity contribution < 1.29 is 14.0 Å². The van der Waals surface area contributed by atoms with Crippen LogP contribution in [0, 0.1) is 11.7 Å². The highest BCUT2D eigenvalue weighted by Gasteiger charge is 2.50. The van der Waals surface area contributed by atoms with Gasteiger partial charge in [0.05, 0.1) is 22.7 Å². The molecule has 4 rings (SSSR count). The average molecular weight is 381 g/mol. The van der Waals surface area contributed by atoms with Gasteiger partial charge >= 0.3 is 0 Å². The SMILES string of the molecule is CC(Cc1ccc(F)cc1)N1C[C@H]2C(=O)Nc3ccccc3C(=O)N[C@@]2(C)C1. The molecule has 0 aromatic heterocycles. The smallest absolute Gasteiger partial charge is 0.253 e. The summed E-state index contributed by atoms with van der Waals surface area (Å²) in [6.07, 6.45) is 0.749. The second-order valence-electron chi connectivity index (χ2n) is 8.07. The Balaban J connectivity index is 1.55. The molecule has 2 N–H and O–H groups in total. The Bertz CT molecular complexity index is 914. The van der Waals surface area contributed by atoms with Crippen molar-refractivity contribution in [2.24, 2.45) is 5.92 Å². The minimum atomic E-state index is -0.647. The van der Waals surface area contributed by atoms with E-state index < -0.39 is 5.54 Å². The van der Waals surface area contributed by atoms with Gasteiger partial charge in [-0.2, -0.15) is 0 Å². The third kappa shape index (κ3) is 3.40. The maximum atomic E-state index is 13.2. The van der Waals surface area contributed by atoms with Crippen molar-refractivity contribution in [2.45, 2.75) is 31.8 Å². The molecular formula is C22H24FN3O2. The first-order chi connectivity index (χ1) is 13.4. The first kappa shape index (κ1) is 18.6. The van der Waals surface area contributed by atoms with Crippen LogP contribution in [0.2, 0.25) is 0 Å². The number of nitrogens with one attached hydrogen (secondary N) is 2. The predicted molar refractivity (Wildman–Crippen MR) is 106 cm³/mol. The number of fused-ring (bicyclic) bond motifs is 2. The lowest BCUT2D eigenvalue weighted by Crippen LogP contribution is -2.56. The molecule has 0 bridgehead atoms. The highest BCUT2D eigenvalue weighted by molar-refractivity contribution is 6.06. The van der Waals surface area contributed by atoms with E-state index >= 15 is 0 Å². The number of anilines is 1. The molecule has 28 heavy (non-hydrogen) atoms. The van der Waals surface area contributed by atoms with E-state index in [1.54, 1.807) is 36.4 Å². The molecular weight excluding hydrogens is 357 g/mol. The Morgan fingerprint density at radius 1 is 1.18 bits per heavy atom. The lowest BCUT2D eigenvalue weighted by Gasteiger charge is -2.34. The van der Waals surface area contributed by atoms with Gasteiger partial charge in [-0.3, -0.25) is 14.5 Å². The van der Waals surface area contributed by atoms with Crippen molar-refractivity contribution in [3.63, 3.8) is 0 Å². The summed E-state index contributed by atoms with van der Waals surface area (Å²) in [5, 5.41) is 6.05. The number of carbonyl (C=O) groups excluding carboxylic acids is 2. The molecule has 3 atom stereocenters. The Hall–Kier alpha value is -2.73. The largest absolute Gasteiger partial charge is 0.345 e. The Morgan fingerprint density at radius 3 is 2.64 bits per heavy atom. The van der Waals surface area contributed by atoms with Crippen molar-refractivity contribution in [1.29, 1.82) is 0 Å². The van der Waals surface area contributed by atoms with Crippen LogP contribution in [0.1, 0.15) is 29.8 Å². The maximum absolute atomic E-state index is 13.2. The molecule has 2 aromatic carbocycles. The van der Waals surface area contributed by atoms with E-state index in [-0.39, 0.29) is 29.6 Å². The van der Waals surface area contributed by atoms with E-state index in [4.69, 9.17) is 0 Å². The Morgan fingerprint density at radius 2 is 1.89 bits per heavy atom. The molecule has 0 aliphatic carbocycles. The second kappa shape index (κ2) is 7.02. The molecule has 2 amide bonds. The second-order valence-corrected chi connectivity index (χ2v) is 8.07. The van der Waals surface area contributed by atoms with Gasteiger partial charge in [-0.15, -0.1) is 0 Å². The first-order valence-electron chi connectivity index (χ1n) is 9.56. The summed E-state index contributed by atoms with van der Waals surface area (Å²) >= 11 is 0. The molecule has 0 spiro atoms. The molecule has 2 aliphatic rings. The van der Waals surface area contributed by atoms with Crippen LogP contribution in [0.5, 0.6) is 0 Å². The molecule has 2 aromatic rings. The monoisotopic (exact) mass is 381 g/mol. The predicted octanol–water partition coefficient (Wildman–Crippen LogP) is 2.83. The molecule has 0 radical (unpaired) electrons. The summed E-state index contributed by atoms with van der Waals surface area (Å²) in [5.74, 6) is -0.842. The van der Waals surface area contributed by atoms with E-state index in [0.29, 0.717) is 24.3 Å². The summed E-state index contributed by atoms with van der Waals surface area (Å²) in [5.41, 5.74) is 1.42. The lowest BCUT2D eigenvalue weighted by atomic mass is 9.86. The summed E-state index contributed by atoms with van der Waals surface area (Å²) < 4.78 is 13.2. The maximum Gasteiger partial charge on any atom is 0.253 e. The normalized spacial score (nSPS) is 25.8. The number of hydrogen-bond donors (Lipinski definition) is 2.